The molecule has 1 amide bonds. The number of carbonyl (C=O) groups is 1. The summed E-state index contributed by atoms with van der Waals surface area (Å²) in [7, 11) is 0. The van der Waals surface area contributed by atoms with E-state index in [1.807, 2.05) is 26.8 Å². The average Bonchev–Trinajstić information content (AvgIpc) is 2.60. The quantitative estimate of drug-likeness (QED) is 0.173. The van der Waals surface area contributed by atoms with Gasteiger partial charge in [-0.25, -0.2) is 0 Å². The lowest BCUT2D eigenvalue weighted by Crippen LogP contribution is -2.27. The standard InChI is InChI=1S/C22H32N2O/c1-7-9-11-18(4)14-19(5)20(6)15-21(16-23)22(25)24-13-10-12-17(3)8-2/h9,11,14-16,20,23H,2,5,7,10,12-13H2,1,3-4,6H3,(H,24,25)/b11-9?,18-14-,21-15+,23-16?. The fourth-order valence-electron chi connectivity index (χ4n) is 2.09. The van der Waals surface area contributed by atoms with Crippen molar-refractivity contribution in [1.82, 2.24) is 5.32 Å². The minimum absolute atomic E-state index is 0.0155. The number of rotatable bonds is 11. The Kier molecular flexibility index (Phi) is 11.7. The zero-order chi connectivity index (χ0) is 19.2. The van der Waals surface area contributed by atoms with E-state index < -0.39 is 0 Å². The van der Waals surface area contributed by atoms with Crippen LogP contribution in [-0.2, 0) is 4.79 Å². The predicted octanol–water partition coefficient (Wildman–Crippen LogP) is 5.29. The Morgan fingerprint density at radius 2 is 2.04 bits per heavy atom. The monoisotopic (exact) mass is 340 g/mol. The lowest BCUT2D eigenvalue weighted by Gasteiger charge is -2.10. The Balaban J connectivity index is 4.76. The molecule has 0 radical (unpaired) electrons. The second kappa shape index (κ2) is 13.0. The Hall–Kier alpha value is -2.38. The highest BCUT2D eigenvalue weighted by Gasteiger charge is 2.09. The molecule has 3 heteroatoms. The molecule has 0 aliphatic heterocycles. The van der Waals surface area contributed by atoms with Gasteiger partial charge in [0.2, 0.25) is 0 Å². The van der Waals surface area contributed by atoms with Crippen molar-refractivity contribution in [2.75, 3.05) is 6.54 Å². The highest BCUT2D eigenvalue weighted by molar-refractivity contribution is 6.11. The Bertz CT molecular complexity index is 614. The Labute approximate surface area is 153 Å². The molecule has 0 saturated carbocycles. The van der Waals surface area contributed by atoms with Crippen LogP contribution in [0.4, 0.5) is 0 Å². The molecule has 0 aliphatic carbocycles. The third-order valence-electron chi connectivity index (χ3n) is 3.78. The fourth-order valence-corrected chi connectivity index (χ4v) is 2.09. The van der Waals surface area contributed by atoms with Crippen molar-refractivity contribution < 1.29 is 4.79 Å². The molecule has 0 aromatic carbocycles. The van der Waals surface area contributed by atoms with Gasteiger partial charge in [-0.1, -0.05) is 56.9 Å². The fraction of sp³-hybridized carbons (Fsp3) is 0.409. The van der Waals surface area contributed by atoms with Crippen LogP contribution in [0.5, 0.6) is 0 Å². The molecule has 1 unspecified atom stereocenters. The average molecular weight is 341 g/mol. The highest BCUT2D eigenvalue weighted by atomic mass is 16.1. The molecule has 0 spiro atoms. The van der Waals surface area contributed by atoms with E-state index in [0.29, 0.717) is 12.1 Å². The van der Waals surface area contributed by atoms with Crippen molar-refractivity contribution >= 4 is 12.1 Å². The number of hydrogen-bond donors (Lipinski definition) is 2. The van der Waals surface area contributed by atoms with Crippen LogP contribution in [0.15, 0.2) is 65.5 Å². The summed E-state index contributed by atoms with van der Waals surface area (Å²) in [6, 6.07) is 0. The minimum Gasteiger partial charge on any atom is -0.352 e. The van der Waals surface area contributed by atoms with E-state index in [1.165, 1.54) is 0 Å². The maximum atomic E-state index is 12.2. The molecule has 0 fully saturated rings. The molecule has 0 aliphatic rings. The minimum atomic E-state index is -0.221. The second-order valence-corrected chi connectivity index (χ2v) is 6.15. The lowest BCUT2D eigenvalue weighted by atomic mass is 9.97. The predicted molar refractivity (Wildman–Crippen MR) is 109 cm³/mol. The number of hydrogen-bond acceptors (Lipinski definition) is 2. The molecule has 25 heavy (non-hydrogen) atoms. The largest absolute Gasteiger partial charge is 0.352 e. The normalized spacial score (nSPS) is 13.3. The summed E-state index contributed by atoms with van der Waals surface area (Å²) in [5.41, 5.74) is 6.32. The van der Waals surface area contributed by atoms with Crippen LogP contribution < -0.4 is 5.32 Å². The summed E-state index contributed by atoms with van der Waals surface area (Å²) >= 11 is 0. The molecule has 0 aromatic heterocycles. The molecule has 3 nitrogen and oxygen atoms in total. The first-order valence-corrected chi connectivity index (χ1v) is 8.75. The van der Waals surface area contributed by atoms with E-state index in [2.05, 4.69) is 43.3 Å². The van der Waals surface area contributed by atoms with Gasteiger partial charge in [0.05, 0.1) is 5.57 Å². The number of amides is 1. The van der Waals surface area contributed by atoms with Crippen molar-refractivity contribution in [3.05, 3.63) is 65.5 Å². The lowest BCUT2D eigenvalue weighted by molar-refractivity contribution is -0.117. The molecule has 0 bridgehead atoms. The van der Waals surface area contributed by atoms with Crippen LogP contribution in [0.25, 0.3) is 0 Å². The number of nitrogens with one attached hydrogen (secondary N) is 2. The van der Waals surface area contributed by atoms with E-state index in [4.69, 9.17) is 5.41 Å². The van der Waals surface area contributed by atoms with Gasteiger partial charge in [0.1, 0.15) is 0 Å². The smallest absolute Gasteiger partial charge is 0.252 e. The number of allylic oxidation sites excluding steroid dienone is 7. The summed E-state index contributed by atoms with van der Waals surface area (Å²) < 4.78 is 0. The molecule has 1 atom stereocenters. The van der Waals surface area contributed by atoms with E-state index in [1.54, 1.807) is 6.08 Å². The zero-order valence-electron chi connectivity index (χ0n) is 16.1. The maximum Gasteiger partial charge on any atom is 0.252 e. The molecular weight excluding hydrogens is 308 g/mol. The van der Waals surface area contributed by atoms with Crippen LogP contribution in [-0.4, -0.2) is 18.7 Å². The van der Waals surface area contributed by atoms with Gasteiger partial charge >= 0.3 is 0 Å². The van der Waals surface area contributed by atoms with Crippen LogP contribution in [0.1, 0.15) is 47.0 Å². The van der Waals surface area contributed by atoms with E-state index >= 15 is 0 Å². The van der Waals surface area contributed by atoms with Gasteiger partial charge < -0.3 is 10.7 Å². The van der Waals surface area contributed by atoms with Gasteiger partial charge in [-0.05, 0) is 50.2 Å². The Morgan fingerprint density at radius 3 is 2.60 bits per heavy atom. The van der Waals surface area contributed by atoms with Crippen LogP contribution in [0, 0.1) is 11.3 Å². The van der Waals surface area contributed by atoms with Crippen molar-refractivity contribution in [2.24, 2.45) is 5.92 Å². The highest BCUT2D eigenvalue weighted by Crippen LogP contribution is 2.16. The van der Waals surface area contributed by atoms with Gasteiger partial charge in [0.25, 0.3) is 5.91 Å². The summed E-state index contributed by atoms with van der Waals surface area (Å²) in [5.74, 6) is -0.236. The molecule has 0 aromatic rings. The molecule has 0 rings (SSSR count). The third kappa shape index (κ3) is 10.2. The van der Waals surface area contributed by atoms with E-state index in [-0.39, 0.29) is 11.8 Å². The van der Waals surface area contributed by atoms with Crippen LogP contribution >= 0.6 is 0 Å². The second-order valence-electron chi connectivity index (χ2n) is 6.15. The van der Waals surface area contributed by atoms with Crippen LogP contribution in [0.3, 0.4) is 0 Å². The van der Waals surface area contributed by atoms with E-state index in [0.717, 1.165) is 42.2 Å². The first-order valence-electron chi connectivity index (χ1n) is 8.75. The molecule has 2 N–H and O–H groups in total. The molecule has 0 saturated heterocycles. The van der Waals surface area contributed by atoms with Crippen molar-refractivity contribution in [3.63, 3.8) is 0 Å². The first kappa shape index (κ1) is 22.6. The Morgan fingerprint density at radius 1 is 1.36 bits per heavy atom. The van der Waals surface area contributed by atoms with Gasteiger partial charge in [0, 0.05) is 12.8 Å². The SMILES string of the molecule is C=C=C(C)CCCNC(=O)/C(C=N)=C/C(C)C(=C)/C=C(/C)C=CCC. The summed E-state index contributed by atoms with van der Waals surface area (Å²) in [6.07, 6.45) is 11.7. The summed E-state index contributed by atoms with van der Waals surface area (Å²) in [5, 5.41) is 10.4. The van der Waals surface area contributed by atoms with Crippen molar-refractivity contribution in [1.29, 1.82) is 5.41 Å². The third-order valence-corrected chi connectivity index (χ3v) is 3.78. The summed E-state index contributed by atoms with van der Waals surface area (Å²) in [6.45, 7) is 16.3. The number of carbonyl (C=O) groups excluding carboxylic acids is 1. The van der Waals surface area contributed by atoms with Crippen molar-refractivity contribution in [2.45, 2.75) is 47.0 Å². The molecular formula is C22H32N2O. The molecule has 136 valence electrons. The van der Waals surface area contributed by atoms with Gasteiger partial charge in [-0.15, -0.1) is 5.73 Å². The van der Waals surface area contributed by atoms with Gasteiger partial charge in [0.15, 0.2) is 0 Å². The maximum absolute atomic E-state index is 12.2. The van der Waals surface area contributed by atoms with Gasteiger partial charge in [-0.2, -0.15) is 0 Å². The summed E-state index contributed by atoms with van der Waals surface area (Å²) in [4.78, 5) is 12.2. The first-order chi connectivity index (χ1) is 11.8. The zero-order valence-corrected chi connectivity index (χ0v) is 16.1. The van der Waals surface area contributed by atoms with Crippen molar-refractivity contribution in [3.8, 4) is 0 Å². The molecule has 0 heterocycles. The van der Waals surface area contributed by atoms with Gasteiger partial charge in [-0.3, -0.25) is 4.79 Å². The van der Waals surface area contributed by atoms with E-state index in [9.17, 15) is 4.79 Å². The van der Waals surface area contributed by atoms with Crippen LogP contribution in [0.2, 0.25) is 0 Å². The topological polar surface area (TPSA) is 53.0 Å².